The zero-order valence-electron chi connectivity index (χ0n) is 10.8. The van der Waals surface area contributed by atoms with E-state index in [2.05, 4.69) is 11.0 Å². The molecule has 18 heavy (non-hydrogen) atoms. The number of nitrogens with zero attached hydrogens (tertiary/aromatic N) is 1. The summed E-state index contributed by atoms with van der Waals surface area (Å²) in [7, 11) is 0. The number of likely N-dealkylation sites (tertiary alicyclic amines) is 1. The first kappa shape index (κ1) is 13.2. The van der Waals surface area contributed by atoms with E-state index in [-0.39, 0.29) is 5.82 Å². The second-order valence-corrected chi connectivity index (χ2v) is 5.25. The summed E-state index contributed by atoms with van der Waals surface area (Å²) in [5.41, 5.74) is 0.391. The number of rotatable bonds is 3. The molecule has 1 fully saturated rings. The lowest BCUT2D eigenvalue weighted by molar-refractivity contribution is -0.00241. The van der Waals surface area contributed by atoms with Gasteiger partial charge in [0.25, 0.3) is 0 Å². The first-order valence-corrected chi connectivity index (χ1v) is 6.42. The molecular weight excluding hydrogens is 229 g/mol. The van der Waals surface area contributed by atoms with Crippen molar-refractivity contribution in [3.63, 3.8) is 0 Å². The van der Waals surface area contributed by atoms with Crippen molar-refractivity contribution in [3.8, 4) is 0 Å². The van der Waals surface area contributed by atoms with E-state index in [1.54, 1.807) is 6.07 Å². The topological polar surface area (TPSA) is 23.5 Å². The average Bonchev–Trinajstić information content (AvgIpc) is 2.31. The molecular formula is C15H20FNO. The zero-order valence-corrected chi connectivity index (χ0v) is 10.8. The van der Waals surface area contributed by atoms with Crippen LogP contribution < -0.4 is 0 Å². The van der Waals surface area contributed by atoms with E-state index in [9.17, 15) is 9.50 Å². The van der Waals surface area contributed by atoms with Crippen molar-refractivity contribution < 1.29 is 9.50 Å². The summed E-state index contributed by atoms with van der Waals surface area (Å²) in [4.78, 5) is 2.30. The Labute approximate surface area is 108 Å². The molecule has 1 saturated heterocycles. The summed E-state index contributed by atoms with van der Waals surface area (Å²) in [6, 6.07) is 6.58. The van der Waals surface area contributed by atoms with E-state index in [0.29, 0.717) is 0 Å². The molecule has 0 bridgehead atoms. The predicted octanol–water partition coefficient (Wildman–Crippen LogP) is 2.69. The lowest BCUT2D eigenvalue weighted by Crippen LogP contribution is -2.42. The Hall–Kier alpha value is -1.19. The van der Waals surface area contributed by atoms with Crippen molar-refractivity contribution in [1.29, 1.82) is 0 Å². The Kier molecular flexibility index (Phi) is 4.15. The van der Waals surface area contributed by atoms with E-state index in [1.165, 1.54) is 12.1 Å². The molecule has 1 heterocycles. The fourth-order valence-corrected chi connectivity index (χ4v) is 2.17. The number of hydrogen-bond acceptors (Lipinski definition) is 2. The summed E-state index contributed by atoms with van der Waals surface area (Å²) in [5, 5.41) is 9.84. The summed E-state index contributed by atoms with van der Waals surface area (Å²) in [6.07, 6.45) is 5.63. The molecule has 1 aromatic carbocycles. The van der Waals surface area contributed by atoms with Gasteiger partial charge >= 0.3 is 0 Å². The molecule has 1 N–H and O–H groups in total. The van der Waals surface area contributed by atoms with Crippen LogP contribution in [0.4, 0.5) is 4.39 Å². The largest absolute Gasteiger partial charge is 0.390 e. The number of halogens is 1. The smallest absolute Gasteiger partial charge is 0.123 e. The molecule has 0 aliphatic carbocycles. The molecule has 1 aromatic rings. The van der Waals surface area contributed by atoms with Crippen LogP contribution in [0, 0.1) is 5.82 Å². The van der Waals surface area contributed by atoms with E-state index >= 15 is 0 Å². The third-order valence-corrected chi connectivity index (χ3v) is 3.46. The fourth-order valence-electron chi connectivity index (χ4n) is 2.17. The molecule has 0 amide bonds. The standard InChI is InChI=1S/C15H20FNO/c1-15(18)7-10-17(11-8-15)9-3-5-13-4-2-6-14(16)12-13/h2-6,12,18H,7-11H2,1H3/b5-3-. The zero-order chi connectivity index (χ0) is 13.0. The molecule has 0 saturated carbocycles. The van der Waals surface area contributed by atoms with Gasteiger partial charge in [0.15, 0.2) is 0 Å². The van der Waals surface area contributed by atoms with Crippen LogP contribution >= 0.6 is 0 Å². The second-order valence-electron chi connectivity index (χ2n) is 5.25. The molecule has 0 aromatic heterocycles. The van der Waals surface area contributed by atoms with Crippen molar-refractivity contribution in [2.75, 3.05) is 19.6 Å². The van der Waals surface area contributed by atoms with Gasteiger partial charge in [-0.1, -0.05) is 24.3 Å². The number of piperidine rings is 1. The minimum absolute atomic E-state index is 0.203. The normalized spacial score (nSPS) is 20.4. The highest BCUT2D eigenvalue weighted by atomic mass is 19.1. The van der Waals surface area contributed by atoms with Gasteiger partial charge in [0.05, 0.1) is 5.60 Å². The molecule has 2 nitrogen and oxygen atoms in total. The van der Waals surface area contributed by atoms with Crippen LogP contribution in [0.3, 0.4) is 0 Å². The third kappa shape index (κ3) is 3.93. The molecule has 0 atom stereocenters. The average molecular weight is 249 g/mol. The van der Waals surface area contributed by atoms with Gasteiger partial charge in [0, 0.05) is 19.6 Å². The van der Waals surface area contributed by atoms with Crippen molar-refractivity contribution in [1.82, 2.24) is 4.90 Å². The van der Waals surface area contributed by atoms with Gasteiger partial charge in [-0.05, 0) is 37.5 Å². The van der Waals surface area contributed by atoms with Crippen LogP contribution in [0.25, 0.3) is 6.08 Å². The van der Waals surface area contributed by atoms with Gasteiger partial charge < -0.3 is 5.11 Å². The first-order chi connectivity index (χ1) is 8.55. The number of benzene rings is 1. The van der Waals surface area contributed by atoms with Crippen LogP contribution in [-0.4, -0.2) is 35.2 Å². The van der Waals surface area contributed by atoms with Crippen molar-refractivity contribution >= 4 is 6.08 Å². The highest BCUT2D eigenvalue weighted by Crippen LogP contribution is 2.20. The van der Waals surface area contributed by atoms with Crippen LogP contribution in [0.1, 0.15) is 25.3 Å². The Morgan fingerprint density at radius 2 is 2.11 bits per heavy atom. The lowest BCUT2D eigenvalue weighted by atomic mass is 9.94. The van der Waals surface area contributed by atoms with Crippen LogP contribution in [0.2, 0.25) is 0 Å². The van der Waals surface area contributed by atoms with E-state index in [0.717, 1.165) is 38.0 Å². The molecule has 3 heteroatoms. The van der Waals surface area contributed by atoms with Crippen LogP contribution in [0.5, 0.6) is 0 Å². The highest BCUT2D eigenvalue weighted by Gasteiger charge is 2.26. The quantitative estimate of drug-likeness (QED) is 0.890. The van der Waals surface area contributed by atoms with Gasteiger partial charge in [0.1, 0.15) is 5.82 Å². The van der Waals surface area contributed by atoms with Gasteiger partial charge in [-0.3, -0.25) is 4.90 Å². The van der Waals surface area contributed by atoms with Crippen molar-refractivity contribution in [3.05, 3.63) is 41.7 Å². The lowest BCUT2D eigenvalue weighted by Gasteiger charge is -2.35. The first-order valence-electron chi connectivity index (χ1n) is 6.42. The SMILES string of the molecule is CC1(O)CCN(C/C=C\c2cccc(F)c2)CC1. The molecule has 98 valence electrons. The fraction of sp³-hybridized carbons (Fsp3) is 0.467. The Morgan fingerprint density at radius 3 is 2.78 bits per heavy atom. The summed E-state index contributed by atoms with van der Waals surface area (Å²) >= 11 is 0. The third-order valence-electron chi connectivity index (χ3n) is 3.46. The molecule has 0 unspecified atom stereocenters. The van der Waals surface area contributed by atoms with E-state index in [4.69, 9.17) is 0 Å². The number of aliphatic hydroxyl groups is 1. The van der Waals surface area contributed by atoms with Crippen molar-refractivity contribution in [2.24, 2.45) is 0 Å². The number of hydrogen-bond donors (Lipinski definition) is 1. The molecule has 0 spiro atoms. The second kappa shape index (κ2) is 5.63. The van der Waals surface area contributed by atoms with Crippen molar-refractivity contribution in [2.45, 2.75) is 25.4 Å². The Balaban J connectivity index is 1.82. The monoisotopic (exact) mass is 249 g/mol. The minimum atomic E-state index is -0.497. The maximum absolute atomic E-state index is 13.0. The van der Waals surface area contributed by atoms with Gasteiger partial charge in [-0.15, -0.1) is 0 Å². The molecule has 1 aliphatic heterocycles. The van der Waals surface area contributed by atoms with E-state index in [1.807, 2.05) is 19.1 Å². The van der Waals surface area contributed by atoms with Crippen LogP contribution in [0.15, 0.2) is 30.3 Å². The highest BCUT2D eigenvalue weighted by molar-refractivity contribution is 5.49. The van der Waals surface area contributed by atoms with Gasteiger partial charge in [-0.2, -0.15) is 0 Å². The van der Waals surface area contributed by atoms with E-state index < -0.39 is 5.60 Å². The summed E-state index contributed by atoms with van der Waals surface area (Å²) in [5.74, 6) is -0.203. The predicted molar refractivity (Wildman–Crippen MR) is 71.7 cm³/mol. The van der Waals surface area contributed by atoms with Gasteiger partial charge in [-0.25, -0.2) is 4.39 Å². The maximum atomic E-state index is 13.0. The molecule has 0 radical (unpaired) electrons. The van der Waals surface area contributed by atoms with Gasteiger partial charge in [0.2, 0.25) is 0 Å². The summed E-state index contributed by atoms with van der Waals surface area (Å²) in [6.45, 7) is 4.58. The Bertz CT molecular complexity index is 418. The summed E-state index contributed by atoms with van der Waals surface area (Å²) < 4.78 is 13.0. The van der Waals surface area contributed by atoms with Crippen LogP contribution in [-0.2, 0) is 0 Å². The molecule has 1 aliphatic rings. The maximum Gasteiger partial charge on any atom is 0.123 e. The molecule has 2 rings (SSSR count). The Morgan fingerprint density at radius 1 is 1.39 bits per heavy atom. The minimum Gasteiger partial charge on any atom is -0.390 e.